The first kappa shape index (κ1) is 11.9. The Morgan fingerprint density at radius 2 is 1.92 bits per heavy atom. The van der Waals surface area contributed by atoms with E-state index in [-0.39, 0.29) is 0 Å². The van der Waals surface area contributed by atoms with Crippen LogP contribution in [0.15, 0.2) is 30.4 Å². The summed E-state index contributed by atoms with van der Waals surface area (Å²) in [5, 5.41) is 0. The molecule has 0 N–H and O–H groups in total. The summed E-state index contributed by atoms with van der Waals surface area (Å²) >= 11 is 0. The van der Waals surface area contributed by atoms with Gasteiger partial charge in [0.15, 0.2) is 0 Å². The molecule has 0 saturated heterocycles. The van der Waals surface area contributed by atoms with Crippen molar-refractivity contribution in [3.05, 3.63) is 30.4 Å². The molecule has 1 nitrogen and oxygen atoms in total. The summed E-state index contributed by atoms with van der Waals surface area (Å²) in [6.45, 7) is 4.09. The predicted octanol–water partition coefficient (Wildman–Crippen LogP) is 3.31. The predicted molar refractivity (Wildman–Crippen MR) is 57.2 cm³/mol. The minimum absolute atomic E-state index is 0.316. The van der Waals surface area contributed by atoms with Gasteiger partial charge in [-0.05, 0) is 32.1 Å². The first-order valence-corrected chi connectivity index (χ1v) is 4.82. The molecule has 13 heavy (non-hydrogen) atoms. The fourth-order valence-electron chi connectivity index (χ4n) is 1.08. The number of hydrogen-bond acceptors (Lipinski definition) is 1. The lowest BCUT2D eigenvalue weighted by Crippen LogP contribution is -1.92. The van der Waals surface area contributed by atoms with Crippen LogP contribution in [-0.2, 0) is 4.79 Å². The van der Waals surface area contributed by atoms with E-state index in [1.165, 1.54) is 0 Å². The third kappa shape index (κ3) is 7.30. The van der Waals surface area contributed by atoms with Gasteiger partial charge in [0.25, 0.3) is 0 Å². The van der Waals surface area contributed by atoms with Gasteiger partial charge in [-0.2, -0.15) is 0 Å². The van der Waals surface area contributed by atoms with Gasteiger partial charge in [-0.3, -0.25) is 0 Å². The zero-order valence-corrected chi connectivity index (χ0v) is 8.49. The molecule has 0 spiro atoms. The van der Waals surface area contributed by atoms with Crippen LogP contribution in [0.3, 0.4) is 0 Å². The van der Waals surface area contributed by atoms with Crippen LogP contribution in [0.5, 0.6) is 0 Å². The molecule has 0 radical (unpaired) electrons. The molecule has 1 unspecified atom stereocenters. The van der Waals surface area contributed by atoms with Crippen molar-refractivity contribution in [3.63, 3.8) is 0 Å². The molecule has 0 aliphatic heterocycles. The van der Waals surface area contributed by atoms with Crippen LogP contribution in [-0.4, -0.2) is 5.94 Å². The summed E-state index contributed by atoms with van der Waals surface area (Å²) in [7, 11) is 0. The highest BCUT2D eigenvalue weighted by Crippen LogP contribution is 2.11. The molecule has 0 aliphatic rings. The maximum Gasteiger partial charge on any atom is 0.120 e. The van der Waals surface area contributed by atoms with E-state index in [1.807, 2.05) is 18.9 Å². The van der Waals surface area contributed by atoms with Gasteiger partial charge in [-0.15, -0.1) is 0 Å². The van der Waals surface area contributed by atoms with Gasteiger partial charge < -0.3 is 0 Å². The van der Waals surface area contributed by atoms with Crippen LogP contribution in [0.4, 0.5) is 0 Å². The highest BCUT2D eigenvalue weighted by Gasteiger charge is 1.99. The molecule has 0 heterocycles. The monoisotopic (exact) mass is 178 g/mol. The summed E-state index contributed by atoms with van der Waals surface area (Å²) < 4.78 is 0. The Bertz CT molecular complexity index is 207. The van der Waals surface area contributed by atoms with Crippen molar-refractivity contribution in [1.82, 2.24) is 0 Å². The third-order valence-corrected chi connectivity index (χ3v) is 1.82. The lowest BCUT2D eigenvalue weighted by molar-refractivity contribution is 0.563. The van der Waals surface area contributed by atoms with Crippen LogP contribution in [0.25, 0.3) is 0 Å². The summed E-state index contributed by atoms with van der Waals surface area (Å²) in [6, 6.07) is 0. The number of carbonyl (C=O) groups excluding carboxylic acids is 1. The Morgan fingerprint density at radius 1 is 1.23 bits per heavy atom. The molecule has 1 heteroatoms. The molecule has 0 amide bonds. The largest absolute Gasteiger partial charge is 0.234 e. The van der Waals surface area contributed by atoms with Crippen LogP contribution >= 0.6 is 0 Å². The van der Waals surface area contributed by atoms with Crippen LogP contribution in [0.2, 0.25) is 0 Å². The smallest absolute Gasteiger partial charge is 0.120 e. The highest BCUT2D eigenvalue weighted by atomic mass is 16.1. The molecule has 0 aliphatic carbocycles. The van der Waals surface area contributed by atoms with E-state index in [2.05, 4.69) is 25.2 Å². The Labute approximate surface area is 80.8 Å². The molecular formula is C12H18O. The molecule has 0 aromatic carbocycles. The first-order valence-electron chi connectivity index (χ1n) is 4.82. The van der Waals surface area contributed by atoms with Crippen molar-refractivity contribution in [2.24, 2.45) is 5.92 Å². The van der Waals surface area contributed by atoms with E-state index in [9.17, 15) is 4.79 Å². The summed E-state index contributed by atoms with van der Waals surface area (Å²) in [5.74, 6) is 2.18. The van der Waals surface area contributed by atoms with Crippen molar-refractivity contribution >= 4 is 5.94 Å². The zero-order valence-electron chi connectivity index (χ0n) is 8.49. The number of hydrogen-bond donors (Lipinski definition) is 0. The normalized spacial score (nSPS) is 13.4. The SMILES string of the molecule is C/C=C\CC(C=C=O)C/C=C\CC. The Hall–Kier alpha value is -1.07. The van der Waals surface area contributed by atoms with Crippen LogP contribution < -0.4 is 0 Å². The van der Waals surface area contributed by atoms with Crippen molar-refractivity contribution in [2.75, 3.05) is 0 Å². The Kier molecular flexibility index (Phi) is 8.28. The average molecular weight is 178 g/mol. The van der Waals surface area contributed by atoms with Gasteiger partial charge in [-0.25, -0.2) is 4.79 Å². The quantitative estimate of drug-likeness (QED) is 0.450. The second-order valence-electron chi connectivity index (χ2n) is 2.96. The summed E-state index contributed by atoms with van der Waals surface area (Å²) in [6.07, 6.45) is 12.9. The number of rotatable bonds is 6. The Morgan fingerprint density at radius 3 is 2.46 bits per heavy atom. The van der Waals surface area contributed by atoms with Gasteiger partial charge in [-0.1, -0.05) is 31.2 Å². The van der Waals surface area contributed by atoms with Gasteiger partial charge in [0.2, 0.25) is 0 Å². The molecule has 0 saturated carbocycles. The van der Waals surface area contributed by atoms with E-state index in [4.69, 9.17) is 0 Å². The minimum atomic E-state index is 0.316. The maximum atomic E-state index is 10.2. The standard InChI is InChI=1S/C12H18O/c1-3-5-7-9-12(10-11-13)8-6-4-2/h4-7,10,12H,3,8-9H2,1-2H3/b6-4-,7-5-. The summed E-state index contributed by atoms with van der Waals surface area (Å²) in [5.41, 5.74) is 0. The molecule has 0 aromatic rings. The lowest BCUT2D eigenvalue weighted by atomic mass is 10.0. The molecule has 0 fully saturated rings. The van der Waals surface area contributed by atoms with Crippen LogP contribution in [0, 0.1) is 5.92 Å². The molecule has 0 bridgehead atoms. The highest BCUT2D eigenvalue weighted by molar-refractivity contribution is 5.45. The third-order valence-electron chi connectivity index (χ3n) is 1.82. The lowest BCUT2D eigenvalue weighted by Gasteiger charge is -2.03. The van der Waals surface area contributed by atoms with Crippen molar-refractivity contribution in [2.45, 2.75) is 33.1 Å². The molecule has 72 valence electrons. The van der Waals surface area contributed by atoms with Gasteiger partial charge >= 0.3 is 0 Å². The van der Waals surface area contributed by atoms with Crippen molar-refractivity contribution in [1.29, 1.82) is 0 Å². The topological polar surface area (TPSA) is 17.1 Å². The van der Waals surface area contributed by atoms with Gasteiger partial charge in [0.05, 0.1) is 0 Å². The van der Waals surface area contributed by atoms with Gasteiger partial charge in [0.1, 0.15) is 5.94 Å². The van der Waals surface area contributed by atoms with Crippen LogP contribution in [0.1, 0.15) is 33.1 Å². The van der Waals surface area contributed by atoms with E-state index in [1.54, 1.807) is 6.08 Å². The molecule has 0 aromatic heterocycles. The van der Waals surface area contributed by atoms with Crippen molar-refractivity contribution < 1.29 is 4.79 Å². The van der Waals surface area contributed by atoms with E-state index >= 15 is 0 Å². The van der Waals surface area contributed by atoms with E-state index < -0.39 is 0 Å². The first-order chi connectivity index (χ1) is 6.35. The molecular weight excluding hydrogens is 160 g/mol. The zero-order chi connectivity index (χ0) is 9.94. The Balaban J connectivity index is 3.93. The molecule has 0 rings (SSSR count). The molecule has 1 atom stereocenters. The van der Waals surface area contributed by atoms with Gasteiger partial charge in [0, 0.05) is 6.08 Å². The van der Waals surface area contributed by atoms with E-state index in [0.717, 1.165) is 19.3 Å². The summed E-state index contributed by atoms with van der Waals surface area (Å²) in [4.78, 5) is 10.2. The van der Waals surface area contributed by atoms with Crippen molar-refractivity contribution in [3.8, 4) is 0 Å². The minimum Gasteiger partial charge on any atom is -0.234 e. The number of allylic oxidation sites excluding steroid dienone is 5. The van der Waals surface area contributed by atoms with E-state index in [0.29, 0.717) is 5.92 Å². The maximum absolute atomic E-state index is 10.2. The average Bonchev–Trinajstić information content (AvgIpc) is 2.14. The fourth-order valence-corrected chi connectivity index (χ4v) is 1.08. The fraction of sp³-hybridized carbons (Fsp3) is 0.500. The second-order valence-corrected chi connectivity index (χ2v) is 2.96. The second kappa shape index (κ2) is 9.02.